The summed E-state index contributed by atoms with van der Waals surface area (Å²) in [7, 11) is 0. The first-order valence-corrected chi connectivity index (χ1v) is 12.6. The molecule has 1 saturated heterocycles. The molecule has 3 aromatic rings. The Morgan fingerprint density at radius 3 is 2.31 bits per heavy atom. The van der Waals surface area contributed by atoms with Crippen molar-refractivity contribution in [2.24, 2.45) is 0 Å². The SMILES string of the molecule is CCOC(=O)c1ccc(N2CCN(c3cccc(Cl)c3)CC2)c(NC(=O)Nc2ccc(Cl)c(Cl)c2)c1. The van der Waals surface area contributed by atoms with E-state index in [1.165, 1.54) is 0 Å². The molecule has 1 aliphatic rings. The number of carbonyl (C=O) groups is 2. The van der Waals surface area contributed by atoms with Crippen molar-refractivity contribution in [3.63, 3.8) is 0 Å². The third kappa shape index (κ3) is 6.35. The van der Waals surface area contributed by atoms with Crippen LogP contribution in [0, 0.1) is 0 Å². The van der Waals surface area contributed by atoms with Crippen molar-refractivity contribution in [1.82, 2.24) is 0 Å². The zero-order valence-corrected chi connectivity index (χ0v) is 21.8. The Hall–Kier alpha value is -3.13. The van der Waals surface area contributed by atoms with E-state index in [2.05, 4.69) is 20.4 Å². The minimum atomic E-state index is -0.479. The smallest absolute Gasteiger partial charge is 0.338 e. The zero-order valence-electron chi connectivity index (χ0n) is 19.6. The molecule has 2 N–H and O–H groups in total. The number of benzene rings is 3. The van der Waals surface area contributed by atoms with Crippen LogP contribution in [0.15, 0.2) is 60.7 Å². The van der Waals surface area contributed by atoms with Crippen LogP contribution in [0.2, 0.25) is 15.1 Å². The fraction of sp³-hybridized carbons (Fsp3) is 0.231. The molecule has 0 bridgehead atoms. The molecular weight excluding hydrogens is 523 g/mol. The Morgan fingerprint density at radius 2 is 1.61 bits per heavy atom. The van der Waals surface area contributed by atoms with Crippen molar-refractivity contribution in [3.05, 3.63) is 81.3 Å². The van der Waals surface area contributed by atoms with E-state index in [1.54, 1.807) is 37.3 Å². The number of urea groups is 1. The van der Waals surface area contributed by atoms with Gasteiger partial charge in [0.2, 0.25) is 0 Å². The van der Waals surface area contributed by atoms with Gasteiger partial charge in [0.1, 0.15) is 0 Å². The average Bonchev–Trinajstić information content (AvgIpc) is 2.86. The lowest BCUT2D eigenvalue weighted by atomic mass is 10.1. The van der Waals surface area contributed by atoms with Crippen LogP contribution in [-0.4, -0.2) is 44.8 Å². The Morgan fingerprint density at radius 1 is 0.861 bits per heavy atom. The number of nitrogens with zero attached hydrogens (tertiary/aromatic N) is 2. The summed E-state index contributed by atoms with van der Waals surface area (Å²) in [5, 5.41) is 7.04. The molecule has 0 aliphatic carbocycles. The molecule has 0 radical (unpaired) electrons. The summed E-state index contributed by atoms with van der Waals surface area (Å²) in [6, 6.07) is 17.3. The largest absolute Gasteiger partial charge is 0.462 e. The van der Waals surface area contributed by atoms with Gasteiger partial charge in [-0.3, -0.25) is 0 Å². The van der Waals surface area contributed by atoms with Gasteiger partial charge in [0, 0.05) is 42.6 Å². The van der Waals surface area contributed by atoms with Crippen LogP contribution < -0.4 is 20.4 Å². The number of piperazine rings is 1. The first-order valence-electron chi connectivity index (χ1n) is 11.4. The molecule has 4 rings (SSSR count). The van der Waals surface area contributed by atoms with E-state index < -0.39 is 12.0 Å². The Labute approximate surface area is 224 Å². The van der Waals surface area contributed by atoms with Gasteiger partial charge in [-0.05, 0) is 61.5 Å². The van der Waals surface area contributed by atoms with E-state index in [0.29, 0.717) is 45.1 Å². The minimum absolute atomic E-state index is 0.257. The Bertz CT molecular complexity index is 1260. The Kier molecular flexibility index (Phi) is 8.46. The molecule has 10 heteroatoms. The number of hydrogen-bond donors (Lipinski definition) is 2. The fourth-order valence-corrected chi connectivity index (χ4v) is 4.47. The summed E-state index contributed by atoms with van der Waals surface area (Å²) >= 11 is 18.2. The van der Waals surface area contributed by atoms with Crippen LogP contribution in [0.4, 0.5) is 27.5 Å². The normalized spacial score (nSPS) is 13.3. The van der Waals surface area contributed by atoms with Crippen molar-refractivity contribution in [2.45, 2.75) is 6.92 Å². The maximum Gasteiger partial charge on any atom is 0.338 e. The highest BCUT2D eigenvalue weighted by Crippen LogP contribution is 2.31. The summed E-state index contributed by atoms with van der Waals surface area (Å²) in [6.07, 6.45) is 0. The number of halogens is 3. The number of anilines is 4. The van der Waals surface area contributed by atoms with E-state index >= 15 is 0 Å². The van der Waals surface area contributed by atoms with Crippen molar-refractivity contribution >= 4 is 69.6 Å². The molecule has 0 spiro atoms. The monoisotopic (exact) mass is 546 g/mol. The summed E-state index contributed by atoms with van der Waals surface area (Å²) in [5.74, 6) is -0.456. The van der Waals surface area contributed by atoms with Crippen molar-refractivity contribution < 1.29 is 14.3 Å². The third-order valence-corrected chi connectivity index (χ3v) is 6.70. The standard InChI is InChI=1S/C26H25Cl3N4O3/c1-2-36-25(34)17-6-9-24(33-12-10-32(11-13-33)20-5-3-4-18(27)15-20)23(14-17)31-26(35)30-19-7-8-21(28)22(29)16-19/h3-9,14-16H,2,10-13H2,1H3,(H2,30,31,35). The molecule has 188 valence electrons. The van der Waals surface area contributed by atoms with Crippen LogP contribution in [0.25, 0.3) is 0 Å². The van der Waals surface area contributed by atoms with Gasteiger partial charge in [-0.1, -0.05) is 40.9 Å². The van der Waals surface area contributed by atoms with Crippen molar-refractivity contribution in [1.29, 1.82) is 0 Å². The van der Waals surface area contributed by atoms with Crippen molar-refractivity contribution in [3.8, 4) is 0 Å². The zero-order chi connectivity index (χ0) is 25.7. The van der Waals surface area contributed by atoms with Gasteiger partial charge in [-0.2, -0.15) is 0 Å². The summed E-state index contributed by atoms with van der Waals surface area (Å²) in [4.78, 5) is 29.6. The van der Waals surface area contributed by atoms with Crippen molar-refractivity contribution in [2.75, 3.05) is 53.2 Å². The minimum Gasteiger partial charge on any atom is -0.462 e. The molecule has 36 heavy (non-hydrogen) atoms. The molecule has 2 amide bonds. The van der Waals surface area contributed by atoms with E-state index in [-0.39, 0.29) is 6.61 Å². The first kappa shape index (κ1) is 25.9. The molecule has 1 heterocycles. The second-order valence-electron chi connectivity index (χ2n) is 8.11. The maximum atomic E-state index is 12.8. The molecule has 7 nitrogen and oxygen atoms in total. The molecule has 0 atom stereocenters. The van der Waals surface area contributed by atoms with Gasteiger partial charge in [0.25, 0.3) is 0 Å². The number of esters is 1. The van der Waals surface area contributed by atoms with E-state index in [0.717, 1.165) is 24.5 Å². The predicted molar refractivity (Wildman–Crippen MR) is 147 cm³/mol. The summed E-state index contributed by atoms with van der Waals surface area (Å²) in [6.45, 7) is 4.98. The van der Waals surface area contributed by atoms with E-state index in [1.807, 2.05) is 30.3 Å². The van der Waals surface area contributed by atoms with Gasteiger partial charge < -0.3 is 25.2 Å². The summed E-state index contributed by atoms with van der Waals surface area (Å²) < 4.78 is 5.14. The molecule has 0 saturated carbocycles. The number of amides is 2. The lowest BCUT2D eigenvalue weighted by Crippen LogP contribution is -2.46. The molecule has 0 unspecified atom stereocenters. The van der Waals surface area contributed by atoms with E-state index in [4.69, 9.17) is 39.5 Å². The Balaban J connectivity index is 1.53. The van der Waals surface area contributed by atoms with Crippen LogP contribution >= 0.6 is 34.8 Å². The van der Waals surface area contributed by atoms with Gasteiger partial charge in [-0.15, -0.1) is 0 Å². The van der Waals surface area contributed by atoms with E-state index in [9.17, 15) is 9.59 Å². The number of hydrogen-bond acceptors (Lipinski definition) is 5. The second-order valence-corrected chi connectivity index (χ2v) is 9.37. The third-order valence-electron chi connectivity index (χ3n) is 5.73. The number of nitrogens with one attached hydrogen (secondary N) is 2. The highest BCUT2D eigenvalue weighted by atomic mass is 35.5. The van der Waals surface area contributed by atoms with Gasteiger partial charge in [-0.25, -0.2) is 9.59 Å². The summed E-state index contributed by atoms with van der Waals surface area (Å²) in [5.41, 5.74) is 3.20. The number of rotatable bonds is 6. The fourth-order valence-electron chi connectivity index (χ4n) is 3.99. The maximum absolute atomic E-state index is 12.8. The second kappa shape index (κ2) is 11.7. The molecular formula is C26H25Cl3N4O3. The molecule has 1 aliphatic heterocycles. The highest BCUT2D eigenvalue weighted by molar-refractivity contribution is 6.42. The molecule has 3 aromatic carbocycles. The van der Waals surface area contributed by atoms with Crippen LogP contribution in [-0.2, 0) is 4.74 Å². The van der Waals surface area contributed by atoms with Gasteiger partial charge in [0.05, 0.1) is 33.6 Å². The predicted octanol–water partition coefficient (Wildman–Crippen LogP) is 6.79. The first-order chi connectivity index (χ1) is 17.3. The van der Waals surface area contributed by atoms with Crippen LogP contribution in [0.1, 0.15) is 17.3 Å². The van der Waals surface area contributed by atoms with Gasteiger partial charge in [0.15, 0.2) is 0 Å². The quantitative estimate of drug-likeness (QED) is 0.332. The van der Waals surface area contributed by atoms with Gasteiger partial charge >= 0.3 is 12.0 Å². The van der Waals surface area contributed by atoms with Crippen LogP contribution in [0.5, 0.6) is 0 Å². The molecule has 1 fully saturated rings. The number of ether oxygens (including phenoxy) is 1. The lowest BCUT2D eigenvalue weighted by molar-refractivity contribution is 0.0526. The highest BCUT2D eigenvalue weighted by Gasteiger charge is 2.22. The average molecular weight is 548 g/mol. The van der Waals surface area contributed by atoms with Crippen LogP contribution in [0.3, 0.4) is 0 Å². The topological polar surface area (TPSA) is 73.9 Å². The number of carbonyl (C=O) groups excluding carboxylic acids is 2. The molecule has 0 aromatic heterocycles. The lowest BCUT2D eigenvalue weighted by Gasteiger charge is -2.38.